The maximum Gasteiger partial charge on any atom is 0.253 e. The number of hydrogen-bond acceptors (Lipinski definition) is 1. The van der Waals surface area contributed by atoms with Crippen molar-refractivity contribution in [1.82, 2.24) is 4.90 Å². The van der Waals surface area contributed by atoms with E-state index in [1.54, 1.807) is 0 Å². The SMILES string of the molecule is O=C(c1cccc(CCl)c1)N1CCC(c2ccccc2)C1. The number of carbonyl (C=O) groups excluding carboxylic acids is 1. The Morgan fingerprint density at radius 2 is 1.95 bits per heavy atom. The van der Waals surface area contributed by atoms with E-state index in [0.29, 0.717) is 11.8 Å². The van der Waals surface area contributed by atoms with Gasteiger partial charge in [-0.3, -0.25) is 4.79 Å². The van der Waals surface area contributed by atoms with E-state index in [4.69, 9.17) is 11.6 Å². The number of halogens is 1. The molecule has 1 fully saturated rings. The Morgan fingerprint density at radius 1 is 1.14 bits per heavy atom. The topological polar surface area (TPSA) is 20.3 Å². The summed E-state index contributed by atoms with van der Waals surface area (Å²) in [6.45, 7) is 1.62. The zero-order chi connectivity index (χ0) is 14.7. The van der Waals surface area contributed by atoms with Crippen LogP contribution in [0.15, 0.2) is 54.6 Å². The van der Waals surface area contributed by atoms with Crippen LogP contribution in [0.3, 0.4) is 0 Å². The maximum atomic E-state index is 12.6. The Balaban J connectivity index is 1.72. The predicted octanol–water partition coefficient (Wildman–Crippen LogP) is 4.06. The zero-order valence-electron chi connectivity index (χ0n) is 11.8. The lowest BCUT2D eigenvalue weighted by Crippen LogP contribution is -2.28. The van der Waals surface area contributed by atoms with E-state index in [0.717, 1.165) is 30.6 Å². The maximum absolute atomic E-state index is 12.6. The summed E-state index contributed by atoms with van der Waals surface area (Å²) in [5.41, 5.74) is 3.05. The average molecular weight is 300 g/mol. The molecule has 3 heteroatoms. The van der Waals surface area contributed by atoms with Crippen LogP contribution in [0.5, 0.6) is 0 Å². The highest BCUT2D eigenvalue weighted by atomic mass is 35.5. The summed E-state index contributed by atoms with van der Waals surface area (Å²) in [5, 5.41) is 0. The molecule has 1 aliphatic rings. The smallest absolute Gasteiger partial charge is 0.253 e. The Morgan fingerprint density at radius 3 is 2.71 bits per heavy atom. The molecule has 0 saturated carbocycles. The van der Waals surface area contributed by atoms with Crippen LogP contribution in [0, 0.1) is 0 Å². The van der Waals surface area contributed by atoms with Crippen molar-refractivity contribution >= 4 is 17.5 Å². The minimum atomic E-state index is 0.111. The van der Waals surface area contributed by atoms with Crippen LogP contribution in [-0.4, -0.2) is 23.9 Å². The van der Waals surface area contributed by atoms with Gasteiger partial charge in [-0.2, -0.15) is 0 Å². The first kappa shape index (κ1) is 14.2. The van der Waals surface area contributed by atoms with E-state index in [9.17, 15) is 4.79 Å². The fourth-order valence-electron chi connectivity index (χ4n) is 2.91. The Hall–Kier alpha value is -1.80. The van der Waals surface area contributed by atoms with Gasteiger partial charge in [0.05, 0.1) is 0 Å². The van der Waals surface area contributed by atoms with Crippen molar-refractivity contribution in [3.8, 4) is 0 Å². The quantitative estimate of drug-likeness (QED) is 0.783. The second-order valence-electron chi connectivity index (χ2n) is 5.48. The number of rotatable bonds is 3. The van der Waals surface area contributed by atoms with Crippen molar-refractivity contribution in [2.75, 3.05) is 13.1 Å². The first-order valence-electron chi connectivity index (χ1n) is 7.27. The summed E-state index contributed by atoms with van der Waals surface area (Å²) in [6, 6.07) is 18.0. The molecule has 108 valence electrons. The molecule has 2 nitrogen and oxygen atoms in total. The summed E-state index contributed by atoms with van der Waals surface area (Å²) in [5.74, 6) is 1.00. The third kappa shape index (κ3) is 3.11. The Labute approximate surface area is 130 Å². The van der Waals surface area contributed by atoms with Gasteiger partial charge in [0, 0.05) is 30.5 Å². The molecule has 0 spiro atoms. The number of benzene rings is 2. The van der Waals surface area contributed by atoms with Gasteiger partial charge in [-0.25, -0.2) is 0 Å². The highest BCUT2D eigenvalue weighted by molar-refractivity contribution is 6.17. The number of likely N-dealkylation sites (tertiary alicyclic amines) is 1. The Bertz CT molecular complexity index is 626. The second kappa shape index (κ2) is 6.31. The molecular weight excluding hydrogens is 282 g/mol. The predicted molar refractivity (Wildman–Crippen MR) is 85.7 cm³/mol. The summed E-state index contributed by atoms with van der Waals surface area (Å²) < 4.78 is 0. The normalized spacial score (nSPS) is 18.0. The number of alkyl halides is 1. The van der Waals surface area contributed by atoms with Crippen molar-refractivity contribution in [3.63, 3.8) is 0 Å². The summed E-state index contributed by atoms with van der Waals surface area (Å²) >= 11 is 5.84. The molecule has 1 saturated heterocycles. The molecule has 3 rings (SSSR count). The van der Waals surface area contributed by atoms with E-state index < -0.39 is 0 Å². The molecule has 2 aromatic carbocycles. The molecule has 0 radical (unpaired) electrons. The lowest BCUT2D eigenvalue weighted by Gasteiger charge is -2.17. The third-order valence-electron chi connectivity index (χ3n) is 4.07. The standard InChI is InChI=1S/C18H18ClNO/c19-12-14-5-4-8-16(11-14)18(21)20-10-9-17(13-20)15-6-2-1-3-7-15/h1-8,11,17H,9-10,12-13H2. The lowest BCUT2D eigenvalue weighted by molar-refractivity contribution is 0.0790. The Kier molecular flexibility index (Phi) is 4.26. The van der Waals surface area contributed by atoms with Crippen LogP contribution in [-0.2, 0) is 5.88 Å². The van der Waals surface area contributed by atoms with Crippen LogP contribution in [0.2, 0.25) is 0 Å². The van der Waals surface area contributed by atoms with Gasteiger partial charge in [-0.1, -0.05) is 42.5 Å². The first-order chi connectivity index (χ1) is 10.3. The van der Waals surface area contributed by atoms with Crippen molar-refractivity contribution in [2.24, 2.45) is 0 Å². The highest BCUT2D eigenvalue weighted by Crippen LogP contribution is 2.28. The number of nitrogens with zero attached hydrogens (tertiary/aromatic N) is 1. The van der Waals surface area contributed by atoms with Crippen LogP contribution in [0.1, 0.15) is 33.8 Å². The van der Waals surface area contributed by atoms with Gasteiger partial charge in [0.15, 0.2) is 0 Å². The van der Waals surface area contributed by atoms with Gasteiger partial charge < -0.3 is 4.90 Å². The van der Waals surface area contributed by atoms with E-state index in [-0.39, 0.29) is 5.91 Å². The molecule has 0 aliphatic carbocycles. The minimum absolute atomic E-state index is 0.111. The van der Waals surface area contributed by atoms with Gasteiger partial charge >= 0.3 is 0 Å². The molecule has 1 atom stereocenters. The van der Waals surface area contributed by atoms with Crippen molar-refractivity contribution in [1.29, 1.82) is 0 Å². The summed E-state index contributed by atoms with van der Waals surface area (Å²) in [4.78, 5) is 14.5. The fraction of sp³-hybridized carbons (Fsp3) is 0.278. The van der Waals surface area contributed by atoms with Gasteiger partial charge in [0.25, 0.3) is 5.91 Å². The molecule has 21 heavy (non-hydrogen) atoms. The molecule has 1 amide bonds. The van der Waals surface area contributed by atoms with Crippen LogP contribution in [0.25, 0.3) is 0 Å². The molecule has 1 aliphatic heterocycles. The molecule has 2 aromatic rings. The summed E-state index contributed by atoms with van der Waals surface area (Å²) in [7, 11) is 0. The molecule has 1 unspecified atom stereocenters. The van der Waals surface area contributed by atoms with Crippen LogP contribution in [0.4, 0.5) is 0 Å². The average Bonchev–Trinajstić information content (AvgIpc) is 3.05. The monoisotopic (exact) mass is 299 g/mol. The van der Waals surface area contributed by atoms with Gasteiger partial charge in [-0.05, 0) is 29.7 Å². The van der Waals surface area contributed by atoms with E-state index in [1.165, 1.54) is 5.56 Å². The van der Waals surface area contributed by atoms with Crippen LogP contribution >= 0.6 is 11.6 Å². The highest BCUT2D eigenvalue weighted by Gasteiger charge is 2.27. The minimum Gasteiger partial charge on any atom is -0.338 e. The molecule has 0 bridgehead atoms. The number of carbonyl (C=O) groups is 1. The third-order valence-corrected chi connectivity index (χ3v) is 4.38. The van der Waals surface area contributed by atoms with Crippen LogP contribution < -0.4 is 0 Å². The second-order valence-corrected chi connectivity index (χ2v) is 5.75. The molecular formula is C18H18ClNO. The first-order valence-corrected chi connectivity index (χ1v) is 7.80. The van der Waals surface area contributed by atoms with E-state index in [1.807, 2.05) is 35.2 Å². The van der Waals surface area contributed by atoms with E-state index in [2.05, 4.69) is 24.3 Å². The summed E-state index contributed by atoms with van der Waals surface area (Å²) in [6.07, 6.45) is 1.03. The zero-order valence-corrected chi connectivity index (χ0v) is 12.6. The number of hydrogen-bond donors (Lipinski definition) is 0. The van der Waals surface area contributed by atoms with Crippen molar-refractivity contribution in [2.45, 2.75) is 18.2 Å². The van der Waals surface area contributed by atoms with E-state index >= 15 is 0 Å². The molecule has 1 heterocycles. The number of amides is 1. The van der Waals surface area contributed by atoms with Crippen molar-refractivity contribution < 1.29 is 4.79 Å². The van der Waals surface area contributed by atoms with Gasteiger partial charge in [-0.15, -0.1) is 11.6 Å². The lowest BCUT2D eigenvalue weighted by atomic mass is 9.99. The molecule has 0 N–H and O–H groups in total. The fourth-order valence-corrected chi connectivity index (χ4v) is 3.08. The van der Waals surface area contributed by atoms with Crippen molar-refractivity contribution in [3.05, 3.63) is 71.3 Å². The largest absolute Gasteiger partial charge is 0.338 e. The van der Waals surface area contributed by atoms with Gasteiger partial charge in [0.1, 0.15) is 0 Å². The van der Waals surface area contributed by atoms with Gasteiger partial charge in [0.2, 0.25) is 0 Å². The molecule has 0 aromatic heterocycles.